The van der Waals surface area contributed by atoms with Gasteiger partial charge in [-0.25, -0.2) is 0 Å². The Morgan fingerprint density at radius 1 is 1.26 bits per heavy atom. The lowest BCUT2D eigenvalue weighted by Crippen LogP contribution is -2.09. The van der Waals surface area contributed by atoms with Crippen LogP contribution in [0.2, 0.25) is 5.02 Å². The van der Waals surface area contributed by atoms with Crippen molar-refractivity contribution in [2.45, 2.75) is 0 Å². The molecule has 1 heterocycles. The molecule has 6 nitrogen and oxygen atoms in total. The highest BCUT2D eigenvalue weighted by molar-refractivity contribution is 9.10. The van der Waals surface area contributed by atoms with Crippen LogP contribution in [-0.4, -0.2) is 15.0 Å². The molecule has 8 heteroatoms. The third-order valence-electron chi connectivity index (χ3n) is 3.36. The molecule has 0 fully saturated rings. The molecule has 0 amide bonds. The maximum Gasteiger partial charge on any atom is 0.288 e. The summed E-state index contributed by atoms with van der Waals surface area (Å²) in [5, 5.41) is 21.5. The first-order valence-corrected chi connectivity index (χ1v) is 7.54. The molecule has 1 aromatic heterocycles. The van der Waals surface area contributed by atoms with E-state index in [-0.39, 0.29) is 32.9 Å². The van der Waals surface area contributed by atoms with Crippen LogP contribution in [0, 0.1) is 10.1 Å². The van der Waals surface area contributed by atoms with Gasteiger partial charge in [0.1, 0.15) is 10.8 Å². The standard InChI is InChI=1S/C15H8BrClN2O4/c16-8-3-1-2-7(4-8)13-14(20)9-5-12(19(22)23)10(17)6-11(9)18-15(13)21/h1-6H,(H2,18,20,21). The molecule has 0 aliphatic heterocycles. The zero-order chi connectivity index (χ0) is 16.7. The van der Waals surface area contributed by atoms with Crippen LogP contribution in [0.5, 0.6) is 5.75 Å². The van der Waals surface area contributed by atoms with Crippen molar-refractivity contribution in [2.24, 2.45) is 0 Å². The van der Waals surface area contributed by atoms with Crippen LogP contribution >= 0.6 is 27.5 Å². The Bertz CT molecular complexity index is 1020. The van der Waals surface area contributed by atoms with Crippen molar-refractivity contribution in [3.63, 3.8) is 0 Å². The number of nitro benzene ring substituents is 1. The van der Waals surface area contributed by atoms with Gasteiger partial charge in [-0.15, -0.1) is 0 Å². The van der Waals surface area contributed by atoms with E-state index in [4.69, 9.17) is 11.6 Å². The fourth-order valence-electron chi connectivity index (χ4n) is 2.34. The van der Waals surface area contributed by atoms with E-state index in [1.54, 1.807) is 24.3 Å². The molecule has 0 radical (unpaired) electrons. The van der Waals surface area contributed by atoms with E-state index in [2.05, 4.69) is 20.9 Å². The van der Waals surface area contributed by atoms with E-state index in [0.29, 0.717) is 5.56 Å². The maximum absolute atomic E-state index is 12.3. The first kappa shape index (κ1) is 15.5. The van der Waals surface area contributed by atoms with Gasteiger partial charge in [0.05, 0.1) is 16.0 Å². The van der Waals surface area contributed by atoms with Gasteiger partial charge in [-0.3, -0.25) is 14.9 Å². The van der Waals surface area contributed by atoms with Gasteiger partial charge in [0.15, 0.2) is 0 Å². The minimum atomic E-state index is -0.648. The van der Waals surface area contributed by atoms with Crippen molar-refractivity contribution in [1.29, 1.82) is 0 Å². The van der Waals surface area contributed by atoms with Crippen molar-refractivity contribution in [2.75, 3.05) is 0 Å². The van der Waals surface area contributed by atoms with Gasteiger partial charge < -0.3 is 10.1 Å². The molecule has 0 saturated heterocycles. The van der Waals surface area contributed by atoms with E-state index in [1.165, 1.54) is 6.07 Å². The van der Waals surface area contributed by atoms with Gasteiger partial charge >= 0.3 is 0 Å². The zero-order valence-electron chi connectivity index (χ0n) is 11.3. The summed E-state index contributed by atoms with van der Waals surface area (Å²) in [7, 11) is 0. The average Bonchev–Trinajstić information content (AvgIpc) is 2.46. The second kappa shape index (κ2) is 5.68. The number of H-pyrrole nitrogens is 1. The smallest absolute Gasteiger partial charge is 0.288 e. The second-order valence-corrected chi connectivity index (χ2v) is 6.12. The number of nitro groups is 1. The first-order chi connectivity index (χ1) is 10.9. The number of halogens is 2. The number of hydrogen-bond acceptors (Lipinski definition) is 4. The van der Waals surface area contributed by atoms with Gasteiger partial charge in [-0.05, 0) is 23.8 Å². The molecule has 0 atom stereocenters. The number of pyridine rings is 1. The molecular weight excluding hydrogens is 388 g/mol. The number of rotatable bonds is 2. The molecule has 3 aromatic rings. The van der Waals surface area contributed by atoms with Crippen molar-refractivity contribution in [3.8, 4) is 16.9 Å². The first-order valence-electron chi connectivity index (χ1n) is 6.37. The van der Waals surface area contributed by atoms with E-state index in [9.17, 15) is 20.0 Å². The van der Waals surface area contributed by atoms with Crippen LogP contribution in [-0.2, 0) is 0 Å². The summed E-state index contributed by atoms with van der Waals surface area (Å²) in [6.07, 6.45) is 0. The van der Waals surface area contributed by atoms with E-state index in [1.807, 2.05) is 0 Å². The quantitative estimate of drug-likeness (QED) is 0.501. The Kier molecular flexibility index (Phi) is 3.83. The third-order valence-corrected chi connectivity index (χ3v) is 4.16. The minimum Gasteiger partial charge on any atom is -0.506 e. The van der Waals surface area contributed by atoms with Crippen LogP contribution in [0.15, 0.2) is 45.7 Å². The highest BCUT2D eigenvalue weighted by Crippen LogP contribution is 2.37. The van der Waals surface area contributed by atoms with Crippen molar-refractivity contribution in [1.82, 2.24) is 4.98 Å². The highest BCUT2D eigenvalue weighted by Gasteiger charge is 2.19. The monoisotopic (exact) mass is 394 g/mol. The minimum absolute atomic E-state index is 0.0374. The van der Waals surface area contributed by atoms with Crippen LogP contribution in [0.1, 0.15) is 0 Å². The molecule has 0 unspecified atom stereocenters. The van der Waals surface area contributed by atoms with Gasteiger partial charge in [0.25, 0.3) is 11.2 Å². The van der Waals surface area contributed by atoms with Crippen LogP contribution in [0.4, 0.5) is 5.69 Å². The van der Waals surface area contributed by atoms with Crippen molar-refractivity contribution in [3.05, 3.63) is 66.4 Å². The van der Waals surface area contributed by atoms with Crippen LogP contribution < -0.4 is 5.56 Å². The van der Waals surface area contributed by atoms with E-state index >= 15 is 0 Å². The summed E-state index contributed by atoms with van der Waals surface area (Å²) in [6.45, 7) is 0. The predicted molar refractivity (Wildman–Crippen MR) is 91.0 cm³/mol. The summed E-state index contributed by atoms with van der Waals surface area (Å²) < 4.78 is 0.732. The Morgan fingerprint density at radius 3 is 2.65 bits per heavy atom. The molecule has 0 saturated carbocycles. The fraction of sp³-hybridized carbons (Fsp3) is 0. The van der Waals surface area contributed by atoms with Gasteiger partial charge in [-0.2, -0.15) is 0 Å². The molecule has 23 heavy (non-hydrogen) atoms. The molecule has 2 aromatic carbocycles. The normalized spacial score (nSPS) is 10.9. The number of fused-ring (bicyclic) bond motifs is 1. The van der Waals surface area contributed by atoms with Gasteiger partial charge in [0.2, 0.25) is 0 Å². The Balaban J connectivity index is 2.39. The fourth-order valence-corrected chi connectivity index (χ4v) is 2.97. The number of aromatic hydroxyl groups is 1. The van der Waals surface area contributed by atoms with Gasteiger partial charge in [-0.1, -0.05) is 39.7 Å². The second-order valence-electron chi connectivity index (χ2n) is 4.79. The van der Waals surface area contributed by atoms with Crippen molar-refractivity contribution >= 4 is 44.1 Å². The topological polar surface area (TPSA) is 96.2 Å². The molecule has 0 spiro atoms. The molecule has 3 rings (SSSR count). The number of benzene rings is 2. The molecule has 0 aliphatic carbocycles. The van der Waals surface area contributed by atoms with Crippen molar-refractivity contribution < 1.29 is 10.0 Å². The highest BCUT2D eigenvalue weighted by atomic mass is 79.9. The molecule has 2 N–H and O–H groups in total. The van der Waals surface area contributed by atoms with E-state index in [0.717, 1.165) is 10.5 Å². The summed E-state index contributed by atoms with van der Waals surface area (Å²) in [6, 6.07) is 9.21. The maximum atomic E-state index is 12.3. The SMILES string of the molecule is O=c1[nH]c2cc(Cl)c([N+](=O)[O-])cc2c(O)c1-c1cccc(Br)c1. The largest absolute Gasteiger partial charge is 0.506 e. The van der Waals surface area contributed by atoms with Crippen LogP contribution in [0.25, 0.3) is 22.0 Å². The average molecular weight is 396 g/mol. The Hall–Kier alpha value is -2.38. The summed E-state index contributed by atoms with van der Waals surface area (Å²) in [5.74, 6) is -0.332. The number of hydrogen-bond donors (Lipinski definition) is 2. The summed E-state index contributed by atoms with van der Waals surface area (Å²) >= 11 is 9.13. The lowest BCUT2D eigenvalue weighted by molar-refractivity contribution is -0.384. The summed E-state index contributed by atoms with van der Waals surface area (Å²) in [5.41, 5.74) is -0.116. The molecule has 0 bridgehead atoms. The third kappa shape index (κ3) is 2.69. The van der Waals surface area contributed by atoms with Gasteiger partial charge in [0, 0.05) is 15.9 Å². The number of nitrogens with one attached hydrogen (secondary N) is 1. The zero-order valence-corrected chi connectivity index (χ0v) is 13.7. The molecule has 116 valence electrons. The number of aromatic amines is 1. The van der Waals surface area contributed by atoms with Crippen LogP contribution in [0.3, 0.4) is 0 Å². The number of aromatic nitrogens is 1. The molecule has 0 aliphatic rings. The predicted octanol–water partition coefficient (Wildman–Crippen LogP) is 4.22. The lowest BCUT2D eigenvalue weighted by Gasteiger charge is -2.08. The molecular formula is C15H8BrClN2O4. The Labute approximate surface area is 142 Å². The number of nitrogens with zero attached hydrogens (tertiary/aromatic N) is 1. The van der Waals surface area contributed by atoms with E-state index < -0.39 is 10.5 Å². The summed E-state index contributed by atoms with van der Waals surface area (Å²) in [4.78, 5) is 25.2. The lowest BCUT2D eigenvalue weighted by atomic mass is 10.0. The Morgan fingerprint density at radius 2 is 2.00 bits per heavy atom.